The van der Waals surface area contributed by atoms with Crippen LogP contribution < -0.4 is 10.2 Å². The van der Waals surface area contributed by atoms with Crippen LogP contribution in [0.2, 0.25) is 0 Å². The Morgan fingerprint density at radius 1 is 0.875 bits per heavy atom. The number of carboxylic acid groups (broad SMARTS) is 1. The number of benzene rings is 3. The van der Waals surface area contributed by atoms with E-state index in [4.69, 9.17) is 0 Å². The van der Waals surface area contributed by atoms with E-state index >= 15 is 0 Å². The highest BCUT2D eigenvalue weighted by molar-refractivity contribution is 14.1. The third kappa shape index (κ3) is 3.77. The summed E-state index contributed by atoms with van der Waals surface area (Å²) in [7, 11) is 0. The molecule has 4 rings (SSSR count). The summed E-state index contributed by atoms with van der Waals surface area (Å²) in [5.41, 5.74) is 3.04. The predicted octanol–water partition coefficient (Wildman–Crippen LogP) is 4.66. The number of nitrogens with one attached hydrogen (secondary N) is 1. The molecule has 0 spiro atoms. The van der Waals surface area contributed by atoms with E-state index in [1.165, 1.54) is 30.3 Å². The number of amides is 3. The Labute approximate surface area is 197 Å². The van der Waals surface area contributed by atoms with Crippen molar-refractivity contribution < 1.29 is 24.3 Å². The lowest BCUT2D eigenvalue weighted by Gasteiger charge is -2.15. The van der Waals surface area contributed by atoms with E-state index < -0.39 is 23.7 Å². The first-order valence-corrected chi connectivity index (χ1v) is 10.7. The summed E-state index contributed by atoms with van der Waals surface area (Å²) in [6.45, 7) is 3.84. The van der Waals surface area contributed by atoms with Crippen LogP contribution in [0, 0.1) is 17.4 Å². The second kappa shape index (κ2) is 8.19. The number of hydrogen-bond donors (Lipinski definition) is 2. The summed E-state index contributed by atoms with van der Waals surface area (Å²) in [6.07, 6.45) is 0. The molecule has 0 fully saturated rings. The molecule has 160 valence electrons. The molecule has 8 heteroatoms. The minimum Gasteiger partial charge on any atom is -0.478 e. The van der Waals surface area contributed by atoms with Gasteiger partial charge in [0.15, 0.2) is 0 Å². The van der Waals surface area contributed by atoms with Gasteiger partial charge in [-0.05, 0) is 96.1 Å². The van der Waals surface area contributed by atoms with E-state index in [0.717, 1.165) is 16.0 Å². The largest absolute Gasteiger partial charge is 0.478 e. The number of nitrogens with zero attached hydrogens (tertiary/aromatic N) is 1. The number of anilines is 2. The first-order valence-electron chi connectivity index (χ1n) is 9.61. The van der Waals surface area contributed by atoms with Crippen molar-refractivity contribution >= 4 is 57.7 Å². The second-order valence-corrected chi connectivity index (χ2v) is 8.67. The number of aromatic carboxylic acids is 1. The summed E-state index contributed by atoms with van der Waals surface area (Å²) < 4.78 is 0.714. The smallest absolute Gasteiger partial charge is 0.337 e. The maximum atomic E-state index is 13.0. The molecule has 0 atom stereocenters. The molecule has 0 aromatic heterocycles. The maximum absolute atomic E-state index is 13.0. The summed E-state index contributed by atoms with van der Waals surface area (Å²) >= 11 is 1.98. The minimum atomic E-state index is -1.17. The molecule has 2 N–H and O–H groups in total. The average molecular weight is 540 g/mol. The summed E-state index contributed by atoms with van der Waals surface area (Å²) in [4.78, 5) is 51.3. The molecule has 1 heterocycles. The Morgan fingerprint density at radius 3 is 2.28 bits per heavy atom. The molecule has 1 aliphatic heterocycles. The Morgan fingerprint density at radius 2 is 1.59 bits per heavy atom. The third-order valence-electron chi connectivity index (χ3n) is 5.36. The number of halogens is 1. The monoisotopic (exact) mass is 540 g/mol. The van der Waals surface area contributed by atoms with Crippen LogP contribution in [-0.2, 0) is 0 Å². The van der Waals surface area contributed by atoms with Gasteiger partial charge in [0.25, 0.3) is 17.7 Å². The molecule has 0 bridgehead atoms. The van der Waals surface area contributed by atoms with Crippen LogP contribution >= 0.6 is 22.6 Å². The number of imide groups is 1. The molecule has 0 radical (unpaired) electrons. The van der Waals surface area contributed by atoms with Gasteiger partial charge in [0.1, 0.15) is 0 Å². The van der Waals surface area contributed by atoms with Crippen LogP contribution in [0.25, 0.3) is 0 Å². The van der Waals surface area contributed by atoms with E-state index in [1.54, 1.807) is 18.2 Å². The maximum Gasteiger partial charge on any atom is 0.337 e. The topological polar surface area (TPSA) is 104 Å². The van der Waals surface area contributed by atoms with Crippen molar-refractivity contribution in [2.24, 2.45) is 0 Å². The summed E-state index contributed by atoms with van der Waals surface area (Å²) in [5, 5.41) is 12.0. The zero-order valence-electron chi connectivity index (χ0n) is 17.1. The lowest BCUT2D eigenvalue weighted by atomic mass is 10.0. The van der Waals surface area contributed by atoms with Crippen molar-refractivity contribution in [3.63, 3.8) is 0 Å². The quantitative estimate of drug-likeness (QED) is 0.370. The van der Waals surface area contributed by atoms with E-state index in [9.17, 15) is 24.3 Å². The van der Waals surface area contributed by atoms with Gasteiger partial charge >= 0.3 is 5.97 Å². The van der Waals surface area contributed by atoms with E-state index in [1.807, 2.05) is 42.5 Å². The Kier molecular flexibility index (Phi) is 5.55. The van der Waals surface area contributed by atoms with Gasteiger partial charge in [-0.3, -0.25) is 14.4 Å². The van der Waals surface area contributed by atoms with Crippen LogP contribution in [0.1, 0.15) is 52.6 Å². The number of fused-ring (bicyclic) bond motifs is 1. The number of carbonyl (C=O) groups excluding carboxylic acids is 3. The van der Waals surface area contributed by atoms with Gasteiger partial charge < -0.3 is 10.4 Å². The molecule has 0 saturated carbocycles. The molecule has 3 aromatic rings. The SMILES string of the molecule is Cc1ccc(N2C(=O)c3ccc(C(=O)Nc4ccc(I)cc4C(=O)O)cc3C2=O)cc1C. The second-order valence-electron chi connectivity index (χ2n) is 7.42. The lowest BCUT2D eigenvalue weighted by molar-refractivity contribution is 0.0697. The van der Waals surface area contributed by atoms with Gasteiger partial charge in [0.2, 0.25) is 0 Å². The first-order chi connectivity index (χ1) is 15.2. The van der Waals surface area contributed by atoms with Gasteiger partial charge in [0, 0.05) is 9.13 Å². The molecular weight excluding hydrogens is 523 g/mol. The Balaban J connectivity index is 1.65. The van der Waals surface area contributed by atoms with Crippen molar-refractivity contribution in [1.82, 2.24) is 0 Å². The van der Waals surface area contributed by atoms with Crippen molar-refractivity contribution in [2.45, 2.75) is 13.8 Å². The minimum absolute atomic E-state index is 0.0430. The Bertz CT molecular complexity index is 1330. The molecule has 0 unspecified atom stereocenters. The predicted molar refractivity (Wildman–Crippen MR) is 128 cm³/mol. The molecular formula is C24H17IN2O5. The van der Waals surface area contributed by atoms with E-state index in [2.05, 4.69) is 5.32 Å². The van der Waals surface area contributed by atoms with Gasteiger partial charge in [-0.25, -0.2) is 9.69 Å². The highest BCUT2D eigenvalue weighted by atomic mass is 127. The fourth-order valence-corrected chi connectivity index (χ4v) is 3.97. The van der Waals surface area contributed by atoms with Crippen LogP contribution in [0.5, 0.6) is 0 Å². The van der Waals surface area contributed by atoms with Gasteiger partial charge in [-0.1, -0.05) is 6.07 Å². The van der Waals surface area contributed by atoms with Crippen molar-refractivity contribution in [1.29, 1.82) is 0 Å². The molecule has 0 aliphatic carbocycles. The van der Waals surface area contributed by atoms with Crippen LogP contribution in [0.4, 0.5) is 11.4 Å². The van der Waals surface area contributed by atoms with E-state index in [-0.39, 0.29) is 27.9 Å². The Hall–Kier alpha value is -3.53. The third-order valence-corrected chi connectivity index (χ3v) is 6.03. The first kappa shape index (κ1) is 21.7. The number of hydrogen-bond acceptors (Lipinski definition) is 4. The summed E-state index contributed by atoms with van der Waals surface area (Å²) in [5.74, 6) is -2.71. The molecule has 3 amide bonds. The lowest BCUT2D eigenvalue weighted by Crippen LogP contribution is -2.29. The van der Waals surface area contributed by atoms with Gasteiger partial charge in [-0.2, -0.15) is 0 Å². The average Bonchev–Trinajstić information content (AvgIpc) is 3.01. The fourth-order valence-electron chi connectivity index (χ4n) is 3.48. The molecule has 0 saturated heterocycles. The molecule has 3 aromatic carbocycles. The standard InChI is InChI=1S/C24H17IN2O5/c1-12-3-6-16(9-13(12)2)27-22(29)17-7-4-14(10-18(17)23(27)30)21(28)26-20-8-5-15(25)11-19(20)24(31)32/h3-11H,1-2H3,(H,26,28)(H,31,32). The number of aryl methyl sites for hydroxylation is 2. The molecule has 32 heavy (non-hydrogen) atoms. The zero-order chi connectivity index (χ0) is 23.2. The normalized spacial score (nSPS) is 12.7. The van der Waals surface area contributed by atoms with Gasteiger partial charge in [-0.15, -0.1) is 0 Å². The van der Waals surface area contributed by atoms with Crippen molar-refractivity contribution in [2.75, 3.05) is 10.2 Å². The van der Waals surface area contributed by atoms with Crippen LogP contribution in [-0.4, -0.2) is 28.8 Å². The molecule has 1 aliphatic rings. The summed E-state index contributed by atoms with van der Waals surface area (Å²) in [6, 6.07) is 14.2. The number of carboxylic acids is 1. The molecule has 7 nitrogen and oxygen atoms in total. The zero-order valence-corrected chi connectivity index (χ0v) is 19.3. The fraction of sp³-hybridized carbons (Fsp3) is 0.0833. The van der Waals surface area contributed by atoms with Crippen LogP contribution in [0.3, 0.4) is 0 Å². The number of rotatable bonds is 4. The highest BCUT2D eigenvalue weighted by Gasteiger charge is 2.37. The number of carbonyl (C=O) groups is 4. The van der Waals surface area contributed by atoms with Crippen molar-refractivity contribution in [3.8, 4) is 0 Å². The van der Waals surface area contributed by atoms with E-state index in [0.29, 0.717) is 9.26 Å². The van der Waals surface area contributed by atoms with Crippen molar-refractivity contribution in [3.05, 3.63) is 91.5 Å². The van der Waals surface area contributed by atoms with Crippen LogP contribution in [0.15, 0.2) is 54.6 Å². The van der Waals surface area contributed by atoms with Gasteiger partial charge in [0.05, 0.1) is 28.1 Å². The highest BCUT2D eigenvalue weighted by Crippen LogP contribution is 2.30.